The molecule has 4 nitrogen and oxygen atoms in total. The number of carboxylic acid groups (broad SMARTS) is 1. The first-order valence-electron chi connectivity index (χ1n) is 6.03. The standard InChI is InChI=1S/C13H17FN2O2/c1-9-7-16(8-11(15-9)6-13(17)18)12-4-2-3-10(14)5-12/h2-5,9,11,15H,6-8H2,1H3,(H,17,18). The van der Waals surface area contributed by atoms with Gasteiger partial charge in [0.05, 0.1) is 6.42 Å². The van der Waals surface area contributed by atoms with Crippen LogP contribution in [0, 0.1) is 5.82 Å². The van der Waals surface area contributed by atoms with Gasteiger partial charge in [0, 0.05) is 30.9 Å². The van der Waals surface area contributed by atoms with Crippen molar-refractivity contribution in [2.45, 2.75) is 25.4 Å². The maximum Gasteiger partial charge on any atom is 0.304 e. The normalized spacial score (nSPS) is 24.0. The lowest BCUT2D eigenvalue weighted by molar-refractivity contribution is -0.137. The summed E-state index contributed by atoms with van der Waals surface area (Å²) < 4.78 is 13.2. The summed E-state index contributed by atoms with van der Waals surface area (Å²) in [5.41, 5.74) is 0.804. The van der Waals surface area contributed by atoms with Gasteiger partial charge in [-0.2, -0.15) is 0 Å². The third-order valence-corrected chi connectivity index (χ3v) is 3.05. The van der Waals surface area contributed by atoms with Crippen LogP contribution in [-0.2, 0) is 4.79 Å². The number of carboxylic acids is 1. The quantitative estimate of drug-likeness (QED) is 0.855. The number of rotatable bonds is 3. The van der Waals surface area contributed by atoms with E-state index in [0.29, 0.717) is 6.54 Å². The first-order valence-corrected chi connectivity index (χ1v) is 6.03. The van der Waals surface area contributed by atoms with Crippen molar-refractivity contribution in [1.82, 2.24) is 5.32 Å². The summed E-state index contributed by atoms with van der Waals surface area (Å²) in [5.74, 6) is -1.09. The number of halogens is 1. The van der Waals surface area contributed by atoms with Gasteiger partial charge in [-0.3, -0.25) is 4.79 Å². The van der Waals surface area contributed by atoms with Crippen LogP contribution < -0.4 is 10.2 Å². The number of carbonyl (C=O) groups is 1. The van der Waals surface area contributed by atoms with Crippen LogP contribution in [0.3, 0.4) is 0 Å². The van der Waals surface area contributed by atoms with Crippen LogP contribution in [0.4, 0.5) is 10.1 Å². The van der Waals surface area contributed by atoms with Crippen molar-refractivity contribution in [2.75, 3.05) is 18.0 Å². The van der Waals surface area contributed by atoms with Gasteiger partial charge >= 0.3 is 5.97 Å². The minimum absolute atomic E-state index is 0.0795. The van der Waals surface area contributed by atoms with Gasteiger partial charge in [-0.1, -0.05) is 6.07 Å². The van der Waals surface area contributed by atoms with Gasteiger partial charge < -0.3 is 15.3 Å². The maximum atomic E-state index is 13.2. The van der Waals surface area contributed by atoms with Crippen LogP contribution in [0.1, 0.15) is 13.3 Å². The van der Waals surface area contributed by atoms with Gasteiger partial charge in [0.15, 0.2) is 0 Å². The van der Waals surface area contributed by atoms with E-state index in [2.05, 4.69) is 5.32 Å². The molecular formula is C13H17FN2O2. The highest BCUT2D eigenvalue weighted by Gasteiger charge is 2.25. The van der Waals surface area contributed by atoms with Crippen molar-refractivity contribution in [3.63, 3.8) is 0 Å². The topological polar surface area (TPSA) is 52.6 Å². The fourth-order valence-electron chi connectivity index (χ4n) is 2.40. The van der Waals surface area contributed by atoms with E-state index >= 15 is 0 Å². The Morgan fingerprint density at radius 3 is 3.00 bits per heavy atom. The molecule has 1 heterocycles. The number of nitrogens with one attached hydrogen (secondary N) is 1. The molecule has 2 atom stereocenters. The SMILES string of the molecule is CC1CN(c2cccc(F)c2)CC(CC(=O)O)N1. The number of anilines is 1. The summed E-state index contributed by atoms with van der Waals surface area (Å²) in [5, 5.41) is 12.1. The van der Waals surface area contributed by atoms with Crippen LogP contribution in [-0.4, -0.2) is 36.2 Å². The number of piperazine rings is 1. The van der Waals surface area contributed by atoms with Crippen molar-refractivity contribution in [3.05, 3.63) is 30.1 Å². The Labute approximate surface area is 105 Å². The summed E-state index contributed by atoms with van der Waals surface area (Å²) in [4.78, 5) is 12.8. The second kappa shape index (κ2) is 5.35. The first-order chi connectivity index (χ1) is 8.54. The highest BCUT2D eigenvalue weighted by molar-refractivity contribution is 5.67. The summed E-state index contributed by atoms with van der Waals surface area (Å²) >= 11 is 0. The molecule has 2 N–H and O–H groups in total. The van der Waals surface area contributed by atoms with Gasteiger partial charge in [0.1, 0.15) is 5.82 Å². The molecule has 1 fully saturated rings. The molecule has 1 saturated heterocycles. The van der Waals surface area contributed by atoms with Crippen molar-refractivity contribution < 1.29 is 14.3 Å². The second-order valence-electron chi connectivity index (χ2n) is 4.75. The Bertz CT molecular complexity index is 439. The molecule has 1 aromatic carbocycles. The molecule has 0 saturated carbocycles. The fraction of sp³-hybridized carbons (Fsp3) is 0.462. The summed E-state index contributed by atoms with van der Waals surface area (Å²) in [6.45, 7) is 3.33. The van der Waals surface area contributed by atoms with Crippen LogP contribution >= 0.6 is 0 Å². The molecule has 1 aromatic rings. The van der Waals surface area contributed by atoms with Crippen molar-refractivity contribution in [3.8, 4) is 0 Å². The number of hydrogen-bond acceptors (Lipinski definition) is 3. The largest absolute Gasteiger partial charge is 0.481 e. The molecule has 1 aliphatic rings. The molecule has 1 aliphatic heterocycles. The number of nitrogens with zero attached hydrogens (tertiary/aromatic N) is 1. The van der Waals surface area contributed by atoms with Gasteiger partial charge in [-0.05, 0) is 25.1 Å². The van der Waals surface area contributed by atoms with E-state index in [1.165, 1.54) is 12.1 Å². The molecule has 2 unspecified atom stereocenters. The van der Waals surface area contributed by atoms with E-state index in [1.807, 2.05) is 17.9 Å². The van der Waals surface area contributed by atoms with Gasteiger partial charge in [0.25, 0.3) is 0 Å². The number of aliphatic carboxylic acids is 1. The van der Waals surface area contributed by atoms with Gasteiger partial charge in [-0.25, -0.2) is 4.39 Å². The Hall–Kier alpha value is -1.62. The lowest BCUT2D eigenvalue weighted by Crippen LogP contribution is -2.56. The van der Waals surface area contributed by atoms with E-state index < -0.39 is 5.97 Å². The van der Waals surface area contributed by atoms with Crippen molar-refractivity contribution >= 4 is 11.7 Å². The van der Waals surface area contributed by atoms with Crippen LogP contribution in [0.25, 0.3) is 0 Å². The third kappa shape index (κ3) is 3.20. The number of benzene rings is 1. The molecule has 0 spiro atoms. The molecular weight excluding hydrogens is 235 g/mol. The van der Waals surface area contributed by atoms with E-state index in [4.69, 9.17) is 5.11 Å². The zero-order valence-electron chi connectivity index (χ0n) is 10.3. The van der Waals surface area contributed by atoms with E-state index in [9.17, 15) is 9.18 Å². The molecule has 2 rings (SSSR count). The van der Waals surface area contributed by atoms with E-state index in [0.717, 1.165) is 12.2 Å². The van der Waals surface area contributed by atoms with Gasteiger partial charge in [0.2, 0.25) is 0 Å². The Morgan fingerprint density at radius 2 is 2.33 bits per heavy atom. The summed E-state index contributed by atoms with van der Waals surface area (Å²) in [6, 6.07) is 6.49. The average Bonchev–Trinajstić information content (AvgIpc) is 2.27. The molecule has 5 heteroatoms. The van der Waals surface area contributed by atoms with Crippen molar-refractivity contribution in [1.29, 1.82) is 0 Å². The third-order valence-electron chi connectivity index (χ3n) is 3.05. The molecule has 0 radical (unpaired) electrons. The fourth-order valence-corrected chi connectivity index (χ4v) is 2.40. The lowest BCUT2D eigenvalue weighted by Gasteiger charge is -2.38. The average molecular weight is 252 g/mol. The van der Waals surface area contributed by atoms with Crippen molar-refractivity contribution in [2.24, 2.45) is 0 Å². The predicted octanol–water partition coefficient (Wildman–Crippen LogP) is 1.47. The molecule has 18 heavy (non-hydrogen) atoms. The molecule has 0 bridgehead atoms. The lowest BCUT2D eigenvalue weighted by atomic mass is 10.1. The maximum absolute atomic E-state index is 13.2. The summed E-state index contributed by atoms with van der Waals surface area (Å²) in [7, 11) is 0. The van der Waals surface area contributed by atoms with E-state index in [-0.39, 0.29) is 24.3 Å². The highest BCUT2D eigenvalue weighted by atomic mass is 19.1. The zero-order chi connectivity index (χ0) is 13.1. The monoisotopic (exact) mass is 252 g/mol. The van der Waals surface area contributed by atoms with E-state index in [1.54, 1.807) is 6.07 Å². The second-order valence-corrected chi connectivity index (χ2v) is 4.75. The Balaban J connectivity index is 2.10. The molecule has 0 aliphatic carbocycles. The predicted molar refractivity (Wildman–Crippen MR) is 67.3 cm³/mol. The zero-order valence-corrected chi connectivity index (χ0v) is 10.3. The molecule has 0 aromatic heterocycles. The molecule has 98 valence electrons. The number of hydrogen-bond donors (Lipinski definition) is 2. The Kier molecular flexibility index (Phi) is 3.81. The molecule has 0 amide bonds. The highest BCUT2D eigenvalue weighted by Crippen LogP contribution is 2.19. The van der Waals surface area contributed by atoms with Crippen LogP contribution in [0.2, 0.25) is 0 Å². The minimum atomic E-state index is -0.819. The Morgan fingerprint density at radius 1 is 1.56 bits per heavy atom. The first kappa shape index (κ1) is 12.8. The summed E-state index contributed by atoms with van der Waals surface area (Å²) in [6.07, 6.45) is 0.0795. The van der Waals surface area contributed by atoms with Crippen LogP contribution in [0.15, 0.2) is 24.3 Å². The minimum Gasteiger partial charge on any atom is -0.481 e. The van der Waals surface area contributed by atoms with Crippen LogP contribution in [0.5, 0.6) is 0 Å². The van der Waals surface area contributed by atoms with Gasteiger partial charge in [-0.15, -0.1) is 0 Å². The smallest absolute Gasteiger partial charge is 0.304 e.